The Labute approximate surface area is 107 Å². The first-order valence-electron chi connectivity index (χ1n) is 5.61. The van der Waals surface area contributed by atoms with Crippen LogP contribution in [-0.4, -0.2) is 43.3 Å². The molecule has 0 saturated heterocycles. The number of carbonyl (C=O) groups excluding carboxylic acids is 1. The van der Waals surface area contributed by atoms with Crippen molar-refractivity contribution in [2.45, 2.75) is 0 Å². The minimum Gasteiger partial charge on any atom is -0.496 e. The minimum atomic E-state index is -0.268. The van der Waals surface area contributed by atoms with Gasteiger partial charge in [0.05, 0.1) is 13.7 Å². The van der Waals surface area contributed by atoms with E-state index in [4.69, 9.17) is 9.84 Å². The quantitative estimate of drug-likeness (QED) is 0.828. The van der Waals surface area contributed by atoms with Crippen LogP contribution in [-0.2, 0) is 0 Å². The van der Waals surface area contributed by atoms with Crippen LogP contribution in [0.25, 0.3) is 6.08 Å². The maximum absolute atomic E-state index is 11.5. The third-order valence-corrected chi connectivity index (χ3v) is 2.39. The number of hydrogen-bond donors (Lipinski definition) is 2. The van der Waals surface area contributed by atoms with Gasteiger partial charge in [-0.05, 0) is 12.1 Å². The molecule has 5 heteroatoms. The van der Waals surface area contributed by atoms with E-state index in [1.54, 1.807) is 26.4 Å². The molecule has 0 unspecified atom stereocenters. The summed E-state index contributed by atoms with van der Waals surface area (Å²) in [5.74, 6) is 0.742. The molecular weight excluding hydrogens is 232 g/mol. The molecule has 0 aliphatic carbocycles. The zero-order chi connectivity index (χ0) is 13.4. The SMILES string of the molecule is COc1ccccc1/C=C/NC(=O)N(C)CCO. The second kappa shape index (κ2) is 7.34. The number of aliphatic hydroxyl groups excluding tert-OH is 1. The summed E-state index contributed by atoms with van der Waals surface area (Å²) in [5.41, 5.74) is 0.880. The molecule has 0 bridgehead atoms. The van der Waals surface area contributed by atoms with Gasteiger partial charge in [-0.1, -0.05) is 18.2 Å². The van der Waals surface area contributed by atoms with E-state index >= 15 is 0 Å². The van der Waals surface area contributed by atoms with E-state index in [0.717, 1.165) is 11.3 Å². The Morgan fingerprint density at radius 3 is 2.89 bits per heavy atom. The van der Waals surface area contributed by atoms with Crippen molar-refractivity contribution in [1.29, 1.82) is 0 Å². The number of rotatable bonds is 5. The monoisotopic (exact) mass is 250 g/mol. The predicted molar refractivity (Wildman–Crippen MR) is 70.3 cm³/mol. The summed E-state index contributed by atoms with van der Waals surface area (Å²) in [6.45, 7) is 0.245. The van der Waals surface area contributed by atoms with Crippen LogP contribution < -0.4 is 10.1 Å². The molecule has 0 saturated carbocycles. The average molecular weight is 250 g/mol. The Bertz CT molecular complexity index is 418. The minimum absolute atomic E-state index is 0.0554. The molecule has 0 fully saturated rings. The fourth-order valence-electron chi connectivity index (χ4n) is 1.37. The van der Waals surface area contributed by atoms with Crippen LogP contribution >= 0.6 is 0 Å². The molecule has 0 radical (unpaired) electrons. The zero-order valence-electron chi connectivity index (χ0n) is 10.6. The van der Waals surface area contributed by atoms with Gasteiger partial charge in [0.2, 0.25) is 0 Å². The smallest absolute Gasteiger partial charge is 0.321 e. The van der Waals surface area contributed by atoms with Gasteiger partial charge in [-0.15, -0.1) is 0 Å². The highest BCUT2D eigenvalue weighted by atomic mass is 16.5. The standard InChI is InChI=1S/C13H18N2O3/c1-15(9-10-16)13(17)14-8-7-11-5-3-4-6-12(11)18-2/h3-8,16H,9-10H2,1-2H3,(H,14,17)/b8-7+. The fraction of sp³-hybridized carbons (Fsp3) is 0.308. The molecule has 0 atom stereocenters. The molecule has 98 valence electrons. The average Bonchev–Trinajstić information content (AvgIpc) is 2.39. The van der Waals surface area contributed by atoms with E-state index < -0.39 is 0 Å². The lowest BCUT2D eigenvalue weighted by molar-refractivity contribution is 0.194. The number of urea groups is 1. The molecule has 2 N–H and O–H groups in total. The van der Waals surface area contributed by atoms with Crippen LogP contribution in [0.15, 0.2) is 30.5 Å². The predicted octanol–water partition coefficient (Wildman–Crippen LogP) is 1.30. The van der Waals surface area contributed by atoms with Gasteiger partial charge >= 0.3 is 6.03 Å². The lowest BCUT2D eigenvalue weighted by Gasteiger charge is -2.14. The summed E-state index contributed by atoms with van der Waals surface area (Å²) in [6.07, 6.45) is 3.30. The third kappa shape index (κ3) is 4.10. The van der Waals surface area contributed by atoms with E-state index in [2.05, 4.69) is 5.32 Å². The summed E-state index contributed by atoms with van der Waals surface area (Å²) in [7, 11) is 3.21. The van der Waals surface area contributed by atoms with Crippen LogP contribution in [0.3, 0.4) is 0 Å². The van der Waals surface area contributed by atoms with Crippen LogP contribution in [0.4, 0.5) is 4.79 Å². The summed E-state index contributed by atoms with van der Waals surface area (Å²) in [6, 6.07) is 7.24. The van der Waals surface area contributed by atoms with Gasteiger partial charge in [0.25, 0.3) is 0 Å². The fourth-order valence-corrected chi connectivity index (χ4v) is 1.37. The Balaban J connectivity index is 2.57. The van der Waals surface area contributed by atoms with Crippen molar-refractivity contribution in [2.24, 2.45) is 0 Å². The Hall–Kier alpha value is -2.01. The molecular formula is C13H18N2O3. The lowest BCUT2D eigenvalue weighted by atomic mass is 10.2. The Morgan fingerprint density at radius 1 is 1.50 bits per heavy atom. The number of nitrogens with one attached hydrogen (secondary N) is 1. The van der Waals surface area contributed by atoms with Crippen molar-refractivity contribution >= 4 is 12.1 Å². The van der Waals surface area contributed by atoms with E-state index in [9.17, 15) is 4.79 Å². The first-order valence-corrected chi connectivity index (χ1v) is 5.61. The maximum atomic E-state index is 11.5. The molecule has 1 aromatic carbocycles. The number of methoxy groups -OCH3 is 1. The lowest BCUT2D eigenvalue weighted by Crippen LogP contribution is -2.36. The molecule has 0 aliphatic heterocycles. The molecule has 0 aromatic heterocycles. The molecule has 5 nitrogen and oxygen atoms in total. The van der Waals surface area contributed by atoms with E-state index in [1.165, 1.54) is 4.90 Å². The van der Waals surface area contributed by atoms with Gasteiger partial charge in [-0.25, -0.2) is 4.79 Å². The van der Waals surface area contributed by atoms with Crippen LogP contribution in [0.2, 0.25) is 0 Å². The maximum Gasteiger partial charge on any atom is 0.321 e. The normalized spacial score (nSPS) is 10.4. The number of likely N-dealkylation sites (N-methyl/N-ethyl adjacent to an activating group) is 1. The molecule has 1 aromatic rings. The van der Waals surface area contributed by atoms with Crippen molar-refractivity contribution in [2.75, 3.05) is 27.3 Å². The number of nitrogens with zero attached hydrogens (tertiary/aromatic N) is 1. The first kappa shape index (κ1) is 14.1. The van der Waals surface area contributed by atoms with Gasteiger partial charge in [-0.3, -0.25) is 0 Å². The first-order chi connectivity index (χ1) is 8.69. The highest BCUT2D eigenvalue weighted by Crippen LogP contribution is 2.18. The Morgan fingerprint density at radius 2 is 2.22 bits per heavy atom. The van der Waals surface area contributed by atoms with E-state index in [1.807, 2.05) is 24.3 Å². The van der Waals surface area contributed by atoms with Gasteiger partial charge < -0.3 is 20.1 Å². The van der Waals surface area contributed by atoms with Crippen molar-refractivity contribution in [1.82, 2.24) is 10.2 Å². The van der Waals surface area contributed by atoms with Crippen LogP contribution in [0.5, 0.6) is 5.75 Å². The van der Waals surface area contributed by atoms with E-state index in [-0.39, 0.29) is 12.6 Å². The number of carbonyl (C=O) groups is 1. The molecule has 0 spiro atoms. The number of aliphatic hydroxyl groups is 1. The second-order valence-electron chi connectivity index (χ2n) is 3.67. The number of para-hydroxylation sites is 1. The highest BCUT2D eigenvalue weighted by molar-refractivity contribution is 5.76. The highest BCUT2D eigenvalue weighted by Gasteiger charge is 2.04. The second-order valence-corrected chi connectivity index (χ2v) is 3.67. The van der Waals surface area contributed by atoms with Crippen molar-refractivity contribution in [3.8, 4) is 5.75 Å². The van der Waals surface area contributed by atoms with Crippen molar-refractivity contribution in [3.05, 3.63) is 36.0 Å². The van der Waals surface area contributed by atoms with Gasteiger partial charge in [-0.2, -0.15) is 0 Å². The Kier molecular flexibility index (Phi) is 5.73. The van der Waals surface area contributed by atoms with Gasteiger partial charge in [0.1, 0.15) is 5.75 Å². The molecule has 2 amide bonds. The number of amides is 2. The summed E-state index contributed by atoms with van der Waals surface area (Å²) >= 11 is 0. The number of hydrogen-bond acceptors (Lipinski definition) is 3. The topological polar surface area (TPSA) is 61.8 Å². The zero-order valence-corrected chi connectivity index (χ0v) is 10.6. The summed E-state index contributed by atoms with van der Waals surface area (Å²) in [5, 5.41) is 11.3. The largest absolute Gasteiger partial charge is 0.496 e. The molecule has 18 heavy (non-hydrogen) atoms. The molecule has 0 aliphatic rings. The van der Waals surface area contributed by atoms with Crippen molar-refractivity contribution < 1.29 is 14.6 Å². The van der Waals surface area contributed by atoms with Crippen LogP contribution in [0.1, 0.15) is 5.56 Å². The van der Waals surface area contributed by atoms with Gasteiger partial charge in [0, 0.05) is 25.4 Å². The molecule has 0 heterocycles. The van der Waals surface area contributed by atoms with Crippen molar-refractivity contribution in [3.63, 3.8) is 0 Å². The van der Waals surface area contributed by atoms with Crippen LogP contribution in [0, 0.1) is 0 Å². The summed E-state index contributed by atoms with van der Waals surface area (Å²) < 4.78 is 5.18. The third-order valence-electron chi connectivity index (χ3n) is 2.39. The summed E-state index contributed by atoms with van der Waals surface area (Å²) in [4.78, 5) is 12.9. The van der Waals surface area contributed by atoms with Gasteiger partial charge in [0.15, 0.2) is 0 Å². The van der Waals surface area contributed by atoms with E-state index in [0.29, 0.717) is 6.54 Å². The number of ether oxygens (including phenoxy) is 1. The number of benzene rings is 1. The molecule has 1 rings (SSSR count).